The summed E-state index contributed by atoms with van der Waals surface area (Å²) < 4.78 is 0. The molecule has 0 aliphatic carbocycles. The maximum absolute atomic E-state index is 11.8. The van der Waals surface area contributed by atoms with E-state index in [4.69, 9.17) is 12.2 Å². The number of carbonyl (C=O) groups is 1. The highest BCUT2D eigenvalue weighted by Gasteiger charge is 2.13. The monoisotopic (exact) mass is 341 g/mol. The first-order valence-corrected chi connectivity index (χ1v) is 7.46. The molecule has 0 saturated carbocycles. The molecule has 0 saturated heterocycles. The molecule has 6 nitrogen and oxygen atoms in total. The van der Waals surface area contributed by atoms with Crippen LogP contribution < -0.4 is 10.6 Å². The first-order valence-electron chi connectivity index (χ1n) is 7.06. The Morgan fingerprint density at radius 1 is 1.17 bits per heavy atom. The molecule has 0 spiro atoms. The van der Waals surface area contributed by atoms with Crippen LogP contribution >= 0.6 is 12.2 Å². The van der Waals surface area contributed by atoms with Crippen LogP contribution in [0.3, 0.4) is 0 Å². The zero-order valence-electron chi connectivity index (χ0n) is 12.9. The predicted molar refractivity (Wildman–Crippen MR) is 97.7 cm³/mol. The van der Waals surface area contributed by atoms with Crippen LogP contribution in [0.1, 0.15) is 11.1 Å². The third kappa shape index (κ3) is 4.99. The second-order valence-corrected chi connectivity index (χ2v) is 5.37. The number of hydrogen-bond acceptors (Lipinski definition) is 4. The molecule has 7 heteroatoms. The van der Waals surface area contributed by atoms with Gasteiger partial charge < -0.3 is 5.32 Å². The van der Waals surface area contributed by atoms with E-state index < -0.39 is 10.8 Å². The number of anilines is 1. The molecule has 0 heterocycles. The maximum atomic E-state index is 11.8. The Bertz CT molecular complexity index is 801. The molecule has 122 valence electrons. The lowest BCUT2D eigenvalue weighted by Crippen LogP contribution is -2.33. The summed E-state index contributed by atoms with van der Waals surface area (Å²) in [7, 11) is 0. The van der Waals surface area contributed by atoms with Crippen molar-refractivity contribution in [3.8, 4) is 0 Å². The fourth-order valence-electron chi connectivity index (χ4n) is 1.90. The van der Waals surface area contributed by atoms with Crippen molar-refractivity contribution in [2.24, 2.45) is 0 Å². The molecule has 0 aliphatic heterocycles. The topological polar surface area (TPSA) is 84.3 Å². The van der Waals surface area contributed by atoms with Crippen molar-refractivity contribution in [1.82, 2.24) is 5.32 Å². The summed E-state index contributed by atoms with van der Waals surface area (Å²) in [6, 6.07) is 13.7. The highest BCUT2D eigenvalue weighted by atomic mass is 32.1. The third-order valence-electron chi connectivity index (χ3n) is 3.09. The largest absolute Gasteiger partial charge is 0.327 e. The fourth-order valence-corrected chi connectivity index (χ4v) is 2.11. The van der Waals surface area contributed by atoms with E-state index in [0.29, 0.717) is 0 Å². The first-order chi connectivity index (χ1) is 11.5. The predicted octanol–water partition coefficient (Wildman–Crippen LogP) is 3.43. The van der Waals surface area contributed by atoms with Crippen molar-refractivity contribution >= 4 is 40.7 Å². The number of thiocarbonyl (C=S) groups is 1. The number of para-hydroxylation sites is 2. The van der Waals surface area contributed by atoms with Crippen LogP contribution in [-0.2, 0) is 4.79 Å². The second kappa shape index (κ2) is 7.98. The smallest absolute Gasteiger partial charge is 0.292 e. The summed E-state index contributed by atoms with van der Waals surface area (Å²) in [5.41, 5.74) is 2.11. The van der Waals surface area contributed by atoms with Crippen LogP contribution in [-0.4, -0.2) is 15.9 Å². The molecule has 0 atom stereocenters. The SMILES string of the molecule is Cc1ccc(/C=C/C(=O)NC(=S)Nc2ccccc2[N+](=O)[O-])cc1. The van der Waals surface area contributed by atoms with Gasteiger partial charge in [-0.2, -0.15) is 0 Å². The van der Waals surface area contributed by atoms with Crippen molar-refractivity contribution in [2.45, 2.75) is 6.92 Å². The van der Waals surface area contributed by atoms with Gasteiger partial charge in [0.2, 0.25) is 5.91 Å². The Morgan fingerprint density at radius 3 is 2.50 bits per heavy atom. The molecule has 1 amide bonds. The molecule has 24 heavy (non-hydrogen) atoms. The van der Waals surface area contributed by atoms with Gasteiger partial charge in [-0.1, -0.05) is 42.0 Å². The lowest BCUT2D eigenvalue weighted by atomic mass is 10.1. The molecule has 2 aromatic rings. The molecule has 2 rings (SSSR count). The molecule has 0 radical (unpaired) electrons. The van der Waals surface area contributed by atoms with E-state index in [1.54, 1.807) is 18.2 Å². The standard InChI is InChI=1S/C17H15N3O3S/c1-12-6-8-13(9-7-12)10-11-16(21)19-17(24)18-14-4-2-3-5-15(14)20(22)23/h2-11H,1H3,(H2,18,19,21,24)/b11-10+. The average molecular weight is 341 g/mol. The Kier molecular flexibility index (Phi) is 5.75. The number of rotatable bonds is 4. The van der Waals surface area contributed by atoms with Gasteiger partial charge in [0, 0.05) is 12.1 Å². The van der Waals surface area contributed by atoms with Gasteiger partial charge in [-0.05, 0) is 36.8 Å². The third-order valence-corrected chi connectivity index (χ3v) is 3.29. The molecular weight excluding hydrogens is 326 g/mol. The molecule has 0 unspecified atom stereocenters. The number of nitro benzene ring substituents is 1. The van der Waals surface area contributed by atoms with Crippen LogP contribution in [0.15, 0.2) is 54.6 Å². The zero-order valence-corrected chi connectivity index (χ0v) is 13.7. The normalized spacial score (nSPS) is 10.4. The van der Waals surface area contributed by atoms with Gasteiger partial charge in [-0.3, -0.25) is 20.2 Å². The Labute approximate surface area is 144 Å². The second-order valence-electron chi connectivity index (χ2n) is 4.96. The molecule has 2 N–H and O–H groups in total. The fraction of sp³-hybridized carbons (Fsp3) is 0.0588. The van der Waals surface area contributed by atoms with Gasteiger partial charge in [0.15, 0.2) is 5.11 Å². The van der Waals surface area contributed by atoms with E-state index in [0.717, 1.165) is 11.1 Å². The number of carbonyl (C=O) groups excluding carboxylic acids is 1. The van der Waals surface area contributed by atoms with Gasteiger partial charge in [0.1, 0.15) is 5.69 Å². The summed E-state index contributed by atoms with van der Waals surface area (Å²) in [6.45, 7) is 1.98. The Morgan fingerprint density at radius 2 is 1.83 bits per heavy atom. The molecule has 2 aromatic carbocycles. The van der Waals surface area contributed by atoms with Gasteiger partial charge in [0.25, 0.3) is 5.69 Å². The summed E-state index contributed by atoms with van der Waals surface area (Å²) in [5.74, 6) is -0.424. The number of aryl methyl sites for hydroxylation is 1. The van der Waals surface area contributed by atoms with Crippen LogP contribution in [0.4, 0.5) is 11.4 Å². The lowest BCUT2D eigenvalue weighted by molar-refractivity contribution is -0.383. The van der Waals surface area contributed by atoms with Crippen LogP contribution in [0.5, 0.6) is 0 Å². The maximum Gasteiger partial charge on any atom is 0.292 e. The molecule has 0 fully saturated rings. The average Bonchev–Trinajstić information content (AvgIpc) is 2.54. The van der Waals surface area contributed by atoms with Crippen LogP contribution in [0, 0.1) is 17.0 Å². The summed E-state index contributed by atoms with van der Waals surface area (Å²) in [5, 5.41) is 16.0. The molecular formula is C17H15N3O3S. The van der Waals surface area contributed by atoms with Gasteiger partial charge in [-0.15, -0.1) is 0 Å². The van der Waals surface area contributed by atoms with E-state index in [-0.39, 0.29) is 16.5 Å². The minimum Gasteiger partial charge on any atom is -0.327 e. The number of hydrogen-bond donors (Lipinski definition) is 2. The molecule has 0 aromatic heterocycles. The number of nitrogens with zero attached hydrogens (tertiary/aromatic N) is 1. The van der Waals surface area contributed by atoms with E-state index in [1.807, 2.05) is 31.2 Å². The van der Waals surface area contributed by atoms with Crippen molar-refractivity contribution in [2.75, 3.05) is 5.32 Å². The number of amides is 1. The zero-order chi connectivity index (χ0) is 17.5. The van der Waals surface area contributed by atoms with Gasteiger partial charge in [-0.25, -0.2) is 0 Å². The van der Waals surface area contributed by atoms with E-state index >= 15 is 0 Å². The van der Waals surface area contributed by atoms with Crippen molar-refractivity contribution < 1.29 is 9.72 Å². The summed E-state index contributed by atoms with van der Waals surface area (Å²) in [4.78, 5) is 22.3. The molecule has 0 aliphatic rings. The van der Waals surface area contributed by atoms with Gasteiger partial charge in [0.05, 0.1) is 4.92 Å². The van der Waals surface area contributed by atoms with E-state index in [2.05, 4.69) is 10.6 Å². The minimum absolute atomic E-state index is 0.0112. The van der Waals surface area contributed by atoms with E-state index in [1.165, 1.54) is 18.2 Å². The van der Waals surface area contributed by atoms with Crippen molar-refractivity contribution in [1.29, 1.82) is 0 Å². The highest BCUT2D eigenvalue weighted by Crippen LogP contribution is 2.22. The summed E-state index contributed by atoms with van der Waals surface area (Å²) in [6.07, 6.45) is 3.00. The van der Waals surface area contributed by atoms with Crippen LogP contribution in [0.2, 0.25) is 0 Å². The highest BCUT2D eigenvalue weighted by molar-refractivity contribution is 7.80. The van der Waals surface area contributed by atoms with Gasteiger partial charge >= 0.3 is 0 Å². The lowest BCUT2D eigenvalue weighted by Gasteiger charge is -2.08. The number of nitrogens with one attached hydrogen (secondary N) is 2. The Balaban J connectivity index is 1.96. The molecule has 0 bridgehead atoms. The van der Waals surface area contributed by atoms with Crippen LogP contribution in [0.25, 0.3) is 6.08 Å². The van der Waals surface area contributed by atoms with Crippen molar-refractivity contribution in [3.63, 3.8) is 0 Å². The minimum atomic E-state index is -0.524. The first kappa shape index (κ1) is 17.3. The number of benzene rings is 2. The Hall–Kier alpha value is -3.06. The quantitative estimate of drug-likeness (QED) is 0.385. The van der Waals surface area contributed by atoms with E-state index in [9.17, 15) is 14.9 Å². The number of nitro groups is 1. The summed E-state index contributed by atoms with van der Waals surface area (Å²) >= 11 is 5.01. The van der Waals surface area contributed by atoms with Crippen molar-refractivity contribution in [3.05, 3.63) is 75.8 Å².